The Balaban J connectivity index is 1.65. The highest BCUT2D eigenvalue weighted by Crippen LogP contribution is 2.43. The van der Waals surface area contributed by atoms with Crippen molar-refractivity contribution in [1.82, 2.24) is 0 Å². The van der Waals surface area contributed by atoms with E-state index in [2.05, 4.69) is 20.8 Å². The molecule has 1 saturated carbocycles. The Bertz CT molecular complexity index is 1340. The Morgan fingerprint density at radius 3 is 2.43 bits per heavy atom. The molecule has 0 heterocycles. The van der Waals surface area contributed by atoms with E-state index < -0.39 is 5.97 Å². The van der Waals surface area contributed by atoms with Crippen LogP contribution >= 0.6 is 0 Å². The number of methoxy groups -OCH3 is 2. The molecule has 0 unspecified atom stereocenters. The minimum atomic E-state index is -0.784. The van der Waals surface area contributed by atoms with Gasteiger partial charge in [-0.1, -0.05) is 57.9 Å². The van der Waals surface area contributed by atoms with Crippen LogP contribution in [-0.4, -0.2) is 38.5 Å². The van der Waals surface area contributed by atoms with Crippen molar-refractivity contribution in [2.24, 2.45) is 11.3 Å². The lowest BCUT2D eigenvalue weighted by Gasteiger charge is -2.33. The van der Waals surface area contributed by atoms with Gasteiger partial charge in [-0.05, 0) is 82.3 Å². The molecule has 0 aliphatic heterocycles. The summed E-state index contributed by atoms with van der Waals surface area (Å²) < 4.78 is 38.4. The van der Waals surface area contributed by atoms with Crippen LogP contribution in [0.5, 0.6) is 11.5 Å². The fourth-order valence-corrected chi connectivity index (χ4v) is 5.39. The summed E-state index contributed by atoms with van der Waals surface area (Å²) in [5.74, 6) is 0.718. The van der Waals surface area contributed by atoms with Crippen LogP contribution in [0.4, 0.5) is 4.39 Å². The monoisotopic (exact) mass is 578 g/mol. The van der Waals surface area contributed by atoms with Crippen molar-refractivity contribution in [3.63, 3.8) is 0 Å². The maximum absolute atomic E-state index is 15.2. The van der Waals surface area contributed by atoms with E-state index in [0.29, 0.717) is 42.8 Å². The number of carbonyl (C=O) groups is 1. The topological polar surface area (TPSA) is 74.2 Å². The van der Waals surface area contributed by atoms with E-state index in [1.54, 1.807) is 26.4 Å². The largest absolute Gasteiger partial charge is 0.497 e. The van der Waals surface area contributed by atoms with Crippen molar-refractivity contribution in [3.05, 3.63) is 83.2 Å². The number of hydrogen-bond donors (Lipinski definition) is 1. The minimum Gasteiger partial charge on any atom is -0.497 e. The molecule has 0 bridgehead atoms. The van der Waals surface area contributed by atoms with Gasteiger partial charge in [0, 0.05) is 12.7 Å². The first-order valence-corrected chi connectivity index (χ1v) is 14.6. The van der Waals surface area contributed by atoms with Crippen LogP contribution in [0.15, 0.2) is 60.7 Å². The fraction of sp³-hybridized carbons (Fsp3) is 0.457. The number of hydrogen-bond acceptors (Lipinski definition) is 5. The highest BCUT2D eigenvalue weighted by atomic mass is 19.1. The van der Waals surface area contributed by atoms with E-state index in [0.717, 1.165) is 28.7 Å². The van der Waals surface area contributed by atoms with Crippen LogP contribution in [-0.2, 0) is 20.9 Å². The van der Waals surface area contributed by atoms with E-state index in [4.69, 9.17) is 18.9 Å². The van der Waals surface area contributed by atoms with E-state index in [1.807, 2.05) is 42.5 Å². The molecule has 42 heavy (non-hydrogen) atoms. The van der Waals surface area contributed by atoms with E-state index >= 15 is 4.39 Å². The van der Waals surface area contributed by atoms with Crippen molar-refractivity contribution < 1.29 is 33.2 Å². The molecule has 3 aromatic carbocycles. The normalized spacial score (nSPS) is 14.8. The Kier molecular flexibility index (Phi) is 10.6. The Labute approximate surface area is 248 Å². The maximum atomic E-state index is 15.2. The van der Waals surface area contributed by atoms with Gasteiger partial charge in [0.05, 0.1) is 32.8 Å². The molecular weight excluding hydrogens is 535 g/mol. The van der Waals surface area contributed by atoms with E-state index in [-0.39, 0.29) is 29.7 Å². The van der Waals surface area contributed by atoms with Crippen LogP contribution in [0.2, 0.25) is 0 Å². The van der Waals surface area contributed by atoms with Crippen LogP contribution in [0.25, 0.3) is 11.1 Å². The van der Waals surface area contributed by atoms with E-state index in [1.165, 1.54) is 18.9 Å². The van der Waals surface area contributed by atoms with Crippen LogP contribution in [0.1, 0.15) is 75.2 Å². The standard InChI is InChI=1S/C35H43FO6/c1-35(2,3)34(41-16-15-39-4)31-18-24(11-13-29(31)30-21-27(40-5)12-14-32(30)36)22-42-28-8-6-7-25(19-28)26(20-33(37)38)17-23-9-10-23/h6-8,11-14,18-19,21,23,26,34H,9-10,15-17,20,22H2,1-5H3,(H,37,38)/t26-,34+/m0/s1. The number of carboxylic acids is 1. The number of aliphatic carboxylic acids is 1. The van der Waals surface area contributed by atoms with Crippen molar-refractivity contribution in [1.29, 1.82) is 0 Å². The van der Waals surface area contributed by atoms with Crippen molar-refractivity contribution in [2.45, 2.75) is 65.1 Å². The molecule has 2 atom stereocenters. The molecule has 0 saturated heterocycles. The SMILES string of the molecule is COCCO[C@H](c1cc(COc2cccc([C@H](CC(=O)O)CC3CC3)c2)ccc1-c1cc(OC)ccc1F)C(C)(C)C. The molecule has 1 aliphatic carbocycles. The van der Waals surface area contributed by atoms with Gasteiger partial charge in [-0.15, -0.1) is 0 Å². The van der Waals surface area contributed by atoms with Crippen LogP contribution < -0.4 is 9.47 Å². The third-order valence-electron chi connectivity index (χ3n) is 7.69. The quantitative estimate of drug-likeness (QED) is 0.183. The fourth-order valence-electron chi connectivity index (χ4n) is 5.39. The van der Waals surface area contributed by atoms with Crippen LogP contribution in [0, 0.1) is 17.2 Å². The molecule has 0 spiro atoms. The molecule has 226 valence electrons. The second kappa shape index (κ2) is 14.2. The van der Waals surface area contributed by atoms with Gasteiger partial charge < -0.3 is 24.1 Å². The summed E-state index contributed by atoms with van der Waals surface area (Å²) in [6.07, 6.45) is 3.00. The number of ether oxygens (including phenoxy) is 4. The van der Waals surface area contributed by atoms with Gasteiger partial charge >= 0.3 is 5.97 Å². The van der Waals surface area contributed by atoms with Gasteiger partial charge in [-0.3, -0.25) is 4.79 Å². The summed E-state index contributed by atoms with van der Waals surface area (Å²) in [5, 5.41) is 9.47. The second-order valence-electron chi connectivity index (χ2n) is 12.2. The Hall–Kier alpha value is -3.42. The van der Waals surface area contributed by atoms with Gasteiger partial charge in [0.1, 0.15) is 23.9 Å². The summed E-state index contributed by atoms with van der Waals surface area (Å²) in [4.78, 5) is 11.5. The van der Waals surface area contributed by atoms with Gasteiger partial charge in [0.25, 0.3) is 0 Å². The smallest absolute Gasteiger partial charge is 0.303 e. The van der Waals surface area contributed by atoms with E-state index in [9.17, 15) is 9.90 Å². The summed E-state index contributed by atoms with van der Waals surface area (Å²) in [5.41, 5.74) is 3.62. The first-order valence-electron chi connectivity index (χ1n) is 14.6. The first kappa shape index (κ1) is 31.5. The second-order valence-corrected chi connectivity index (χ2v) is 12.2. The van der Waals surface area contributed by atoms with Crippen LogP contribution in [0.3, 0.4) is 0 Å². The van der Waals surface area contributed by atoms with Gasteiger partial charge in [0.15, 0.2) is 0 Å². The predicted molar refractivity (Wildman–Crippen MR) is 162 cm³/mol. The summed E-state index contributed by atoms with van der Waals surface area (Å²) in [6, 6.07) is 18.4. The third kappa shape index (κ3) is 8.55. The third-order valence-corrected chi connectivity index (χ3v) is 7.69. The van der Waals surface area contributed by atoms with Crippen molar-refractivity contribution in [3.8, 4) is 22.6 Å². The average molecular weight is 579 g/mol. The number of benzene rings is 3. The van der Waals surface area contributed by atoms with Crippen molar-refractivity contribution >= 4 is 5.97 Å². The molecule has 4 rings (SSSR count). The lowest BCUT2D eigenvalue weighted by Crippen LogP contribution is -2.24. The predicted octanol–water partition coefficient (Wildman–Crippen LogP) is 8.19. The highest BCUT2D eigenvalue weighted by Gasteiger charge is 2.31. The molecule has 1 fully saturated rings. The Morgan fingerprint density at radius 1 is 0.976 bits per heavy atom. The summed E-state index contributed by atoms with van der Waals surface area (Å²) >= 11 is 0. The molecule has 7 heteroatoms. The molecule has 1 N–H and O–H groups in total. The molecule has 0 aromatic heterocycles. The zero-order valence-electron chi connectivity index (χ0n) is 25.3. The lowest BCUT2D eigenvalue weighted by atomic mass is 9.81. The van der Waals surface area contributed by atoms with Gasteiger partial charge in [-0.25, -0.2) is 4.39 Å². The molecule has 3 aromatic rings. The van der Waals surface area contributed by atoms with Crippen molar-refractivity contribution in [2.75, 3.05) is 27.4 Å². The molecule has 0 radical (unpaired) electrons. The molecule has 1 aliphatic rings. The highest BCUT2D eigenvalue weighted by molar-refractivity contribution is 5.71. The number of rotatable bonds is 15. The first-order chi connectivity index (χ1) is 20.1. The number of carboxylic acid groups (broad SMARTS) is 1. The zero-order valence-corrected chi connectivity index (χ0v) is 25.3. The van der Waals surface area contributed by atoms with Gasteiger partial charge in [0.2, 0.25) is 0 Å². The zero-order chi connectivity index (χ0) is 30.3. The lowest BCUT2D eigenvalue weighted by molar-refractivity contribution is -0.137. The summed E-state index contributed by atoms with van der Waals surface area (Å²) in [6.45, 7) is 7.42. The number of halogens is 1. The summed E-state index contributed by atoms with van der Waals surface area (Å²) in [7, 11) is 3.20. The average Bonchev–Trinajstić information content (AvgIpc) is 3.78. The minimum absolute atomic E-state index is 0.0287. The maximum Gasteiger partial charge on any atom is 0.303 e. The molecule has 6 nitrogen and oxygen atoms in total. The molecular formula is C35H43FO6. The molecule has 0 amide bonds. The van der Waals surface area contributed by atoms with Gasteiger partial charge in [-0.2, -0.15) is 0 Å². The Morgan fingerprint density at radius 2 is 1.76 bits per heavy atom.